The minimum absolute atomic E-state index is 0.000136. The van der Waals surface area contributed by atoms with E-state index in [1.165, 1.54) is 11.4 Å². The highest BCUT2D eigenvalue weighted by molar-refractivity contribution is 5.92. The van der Waals surface area contributed by atoms with Gasteiger partial charge >= 0.3 is 11.7 Å². The van der Waals surface area contributed by atoms with Crippen molar-refractivity contribution in [2.24, 2.45) is 13.0 Å². The molecule has 1 N–H and O–H groups in total. The van der Waals surface area contributed by atoms with Crippen LogP contribution in [0.15, 0.2) is 4.79 Å². The smallest absolute Gasteiger partial charge is 0.358 e. The number of fused-ring (bicyclic) bond motifs is 1. The monoisotopic (exact) mass is 279 g/mol. The van der Waals surface area contributed by atoms with Crippen LogP contribution in [0.1, 0.15) is 43.0 Å². The first-order chi connectivity index (χ1) is 9.41. The summed E-state index contributed by atoms with van der Waals surface area (Å²) < 4.78 is 2.29. The van der Waals surface area contributed by atoms with E-state index in [9.17, 15) is 9.59 Å². The first kappa shape index (κ1) is 14.2. The molecule has 0 amide bonds. The minimum atomic E-state index is -1.21. The van der Waals surface area contributed by atoms with Crippen LogP contribution in [0.5, 0.6) is 0 Å². The van der Waals surface area contributed by atoms with Crippen molar-refractivity contribution in [1.29, 1.82) is 0 Å². The third-order valence-electron chi connectivity index (χ3n) is 3.05. The number of aromatic carboxylic acids is 1. The van der Waals surface area contributed by atoms with Crippen LogP contribution in [-0.4, -0.2) is 35.5 Å². The van der Waals surface area contributed by atoms with E-state index >= 15 is 0 Å². The number of aromatic nitrogens is 5. The molecule has 2 heterocycles. The molecule has 0 atom stereocenters. The fourth-order valence-electron chi connectivity index (χ4n) is 2.02. The van der Waals surface area contributed by atoms with Crippen LogP contribution in [0.4, 0.5) is 0 Å². The average Bonchev–Trinajstić information content (AvgIpc) is 2.73. The molecule has 0 radical (unpaired) electrons. The largest absolute Gasteiger partial charge is 0.476 e. The standard InChI is InChI=1S/C12H17N5O3/c1-7(2)5-4-6-8-13-9(11(18)19)10-14-15-16(3)12(20)17(8)10/h7H,4-6H2,1-3H3,(H,18,19). The molecule has 0 saturated heterocycles. The Morgan fingerprint density at radius 2 is 2.10 bits per heavy atom. The second-order valence-corrected chi connectivity index (χ2v) is 5.12. The van der Waals surface area contributed by atoms with Gasteiger partial charge in [0.05, 0.1) is 0 Å². The number of nitrogens with zero attached hydrogens (tertiary/aromatic N) is 5. The molecule has 108 valence electrons. The molecule has 0 fully saturated rings. The van der Waals surface area contributed by atoms with Gasteiger partial charge in [-0.25, -0.2) is 19.0 Å². The zero-order chi connectivity index (χ0) is 14.9. The number of hydrogen-bond acceptors (Lipinski definition) is 5. The van der Waals surface area contributed by atoms with Crippen molar-refractivity contribution in [3.63, 3.8) is 0 Å². The van der Waals surface area contributed by atoms with Gasteiger partial charge in [-0.2, -0.15) is 4.68 Å². The summed E-state index contributed by atoms with van der Waals surface area (Å²) in [5, 5.41) is 16.5. The summed E-state index contributed by atoms with van der Waals surface area (Å²) in [5.41, 5.74) is -0.663. The highest BCUT2D eigenvalue weighted by Crippen LogP contribution is 2.12. The number of hydrogen-bond donors (Lipinski definition) is 1. The Morgan fingerprint density at radius 3 is 2.70 bits per heavy atom. The van der Waals surface area contributed by atoms with Gasteiger partial charge in [0.25, 0.3) is 0 Å². The summed E-state index contributed by atoms with van der Waals surface area (Å²) in [6.07, 6.45) is 2.35. The van der Waals surface area contributed by atoms with Crippen molar-refractivity contribution in [2.45, 2.75) is 33.1 Å². The summed E-state index contributed by atoms with van der Waals surface area (Å²) in [6, 6.07) is 0. The van der Waals surface area contributed by atoms with Crippen LogP contribution in [0.2, 0.25) is 0 Å². The number of carboxylic acids is 1. The van der Waals surface area contributed by atoms with Gasteiger partial charge in [0.1, 0.15) is 5.82 Å². The van der Waals surface area contributed by atoms with E-state index in [1.807, 2.05) is 0 Å². The normalized spacial score (nSPS) is 11.4. The van der Waals surface area contributed by atoms with Gasteiger partial charge in [0.2, 0.25) is 0 Å². The van der Waals surface area contributed by atoms with E-state index in [2.05, 4.69) is 29.1 Å². The number of carbonyl (C=O) groups is 1. The van der Waals surface area contributed by atoms with Crippen molar-refractivity contribution in [1.82, 2.24) is 24.4 Å². The topological polar surface area (TPSA) is 102 Å². The molecular formula is C12H17N5O3. The lowest BCUT2D eigenvalue weighted by Crippen LogP contribution is -2.29. The number of imidazole rings is 1. The lowest BCUT2D eigenvalue weighted by molar-refractivity contribution is 0.0692. The van der Waals surface area contributed by atoms with Gasteiger partial charge in [0, 0.05) is 13.5 Å². The van der Waals surface area contributed by atoms with Gasteiger partial charge in [-0.15, -0.1) is 5.10 Å². The lowest BCUT2D eigenvalue weighted by Gasteiger charge is -2.03. The lowest BCUT2D eigenvalue weighted by atomic mass is 10.1. The second kappa shape index (κ2) is 5.40. The Labute approximate surface area is 115 Å². The molecule has 0 aliphatic rings. The van der Waals surface area contributed by atoms with Crippen LogP contribution >= 0.6 is 0 Å². The predicted molar refractivity (Wildman–Crippen MR) is 70.8 cm³/mol. The Bertz CT molecular complexity index is 701. The third kappa shape index (κ3) is 2.54. The molecule has 20 heavy (non-hydrogen) atoms. The fraction of sp³-hybridized carbons (Fsp3) is 0.583. The molecule has 0 unspecified atom stereocenters. The first-order valence-electron chi connectivity index (χ1n) is 6.46. The number of carboxylic acid groups (broad SMARTS) is 1. The highest BCUT2D eigenvalue weighted by Gasteiger charge is 2.20. The van der Waals surface area contributed by atoms with E-state index < -0.39 is 11.7 Å². The van der Waals surface area contributed by atoms with Crippen molar-refractivity contribution in [3.8, 4) is 0 Å². The number of aryl methyl sites for hydroxylation is 2. The Hall–Kier alpha value is -2.25. The van der Waals surface area contributed by atoms with Gasteiger partial charge < -0.3 is 5.11 Å². The van der Waals surface area contributed by atoms with Crippen LogP contribution in [0.25, 0.3) is 5.65 Å². The molecule has 2 aromatic heterocycles. The van der Waals surface area contributed by atoms with E-state index in [0.717, 1.165) is 17.5 Å². The summed E-state index contributed by atoms with van der Waals surface area (Å²) in [4.78, 5) is 27.3. The Morgan fingerprint density at radius 1 is 1.40 bits per heavy atom. The van der Waals surface area contributed by atoms with Crippen LogP contribution in [0, 0.1) is 5.92 Å². The van der Waals surface area contributed by atoms with Crippen LogP contribution in [0.3, 0.4) is 0 Å². The van der Waals surface area contributed by atoms with E-state index in [0.29, 0.717) is 18.2 Å². The van der Waals surface area contributed by atoms with E-state index in [-0.39, 0.29) is 11.3 Å². The molecule has 0 aromatic carbocycles. The molecular weight excluding hydrogens is 262 g/mol. The average molecular weight is 279 g/mol. The molecule has 0 aliphatic carbocycles. The van der Waals surface area contributed by atoms with Crippen molar-refractivity contribution < 1.29 is 9.90 Å². The minimum Gasteiger partial charge on any atom is -0.476 e. The highest BCUT2D eigenvalue weighted by atomic mass is 16.4. The first-order valence-corrected chi connectivity index (χ1v) is 6.46. The summed E-state index contributed by atoms with van der Waals surface area (Å²) >= 11 is 0. The molecule has 0 spiro atoms. The maximum Gasteiger partial charge on any atom is 0.358 e. The number of rotatable bonds is 5. The van der Waals surface area contributed by atoms with Crippen molar-refractivity contribution in [3.05, 3.63) is 22.0 Å². The maximum absolute atomic E-state index is 12.1. The Kier molecular flexibility index (Phi) is 3.82. The summed E-state index contributed by atoms with van der Waals surface area (Å²) in [5.74, 6) is -0.239. The quantitative estimate of drug-likeness (QED) is 0.855. The third-order valence-corrected chi connectivity index (χ3v) is 3.05. The molecule has 0 saturated carbocycles. The Balaban J connectivity index is 2.50. The fourth-order valence-corrected chi connectivity index (χ4v) is 2.02. The van der Waals surface area contributed by atoms with Gasteiger partial charge in [-0.3, -0.25) is 0 Å². The second-order valence-electron chi connectivity index (χ2n) is 5.12. The van der Waals surface area contributed by atoms with Gasteiger partial charge in [0.15, 0.2) is 11.3 Å². The van der Waals surface area contributed by atoms with Crippen molar-refractivity contribution in [2.75, 3.05) is 0 Å². The molecule has 2 rings (SSSR count). The van der Waals surface area contributed by atoms with E-state index in [1.54, 1.807) is 0 Å². The summed E-state index contributed by atoms with van der Waals surface area (Å²) in [7, 11) is 1.47. The van der Waals surface area contributed by atoms with Gasteiger partial charge in [-0.05, 0) is 12.3 Å². The zero-order valence-corrected chi connectivity index (χ0v) is 11.7. The van der Waals surface area contributed by atoms with Crippen LogP contribution in [-0.2, 0) is 13.5 Å². The van der Waals surface area contributed by atoms with Crippen molar-refractivity contribution >= 4 is 11.6 Å². The van der Waals surface area contributed by atoms with Crippen LogP contribution < -0.4 is 5.69 Å². The van der Waals surface area contributed by atoms with Gasteiger partial charge in [-0.1, -0.05) is 25.5 Å². The molecule has 8 nitrogen and oxygen atoms in total. The molecule has 2 aromatic rings. The molecule has 0 aliphatic heterocycles. The predicted octanol–water partition coefficient (Wildman–Crippen LogP) is 0.500. The SMILES string of the molecule is CC(C)CCCc1nc(C(=O)O)c2nnn(C)c(=O)n12. The van der Waals surface area contributed by atoms with E-state index in [4.69, 9.17) is 5.11 Å². The summed E-state index contributed by atoms with van der Waals surface area (Å²) in [6.45, 7) is 4.22. The zero-order valence-electron chi connectivity index (χ0n) is 11.7. The molecule has 8 heteroatoms. The maximum atomic E-state index is 12.1. The molecule has 0 bridgehead atoms.